The SMILES string of the molecule is O=c1c2c(F)cc(F)cc2nc2n1-c1ccc([N+](=O)[O-])cc1C2. The number of hydrogen-bond donors (Lipinski definition) is 0. The van der Waals surface area contributed by atoms with Crippen molar-refractivity contribution in [2.75, 3.05) is 0 Å². The molecule has 23 heavy (non-hydrogen) atoms. The number of nitro benzene ring substituents is 1. The van der Waals surface area contributed by atoms with Crippen LogP contribution in [0.5, 0.6) is 0 Å². The van der Waals surface area contributed by atoms with E-state index in [1.54, 1.807) is 0 Å². The Bertz CT molecular complexity index is 1080. The summed E-state index contributed by atoms with van der Waals surface area (Å²) in [5.74, 6) is -1.51. The number of aromatic nitrogens is 2. The van der Waals surface area contributed by atoms with E-state index in [1.165, 1.54) is 22.8 Å². The number of non-ortho nitro benzene ring substituents is 1. The van der Waals surface area contributed by atoms with Crippen LogP contribution in [0.15, 0.2) is 35.1 Å². The molecule has 114 valence electrons. The standard InChI is InChI=1S/C15H7F2N3O3/c16-8-5-10(17)14-11(6-8)18-13-4-7-3-9(20(22)23)1-2-12(7)19(13)15(14)21/h1-3,5-6H,4H2. The van der Waals surface area contributed by atoms with Crippen molar-refractivity contribution >= 4 is 16.6 Å². The van der Waals surface area contributed by atoms with Crippen LogP contribution < -0.4 is 5.56 Å². The van der Waals surface area contributed by atoms with E-state index in [0.717, 1.165) is 6.07 Å². The van der Waals surface area contributed by atoms with Gasteiger partial charge in [0.25, 0.3) is 11.2 Å². The van der Waals surface area contributed by atoms with Crippen LogP contribution in [0.3, 0.4) is 0 Å². The number of benzene rings is 2. The van der Waals surface area contributed by atoms with E-state index >= 15 is 0 Å². The lowest BCUT2D eigenvalue weighted by Gasteiger charge is -2.07. The first kappa shape index (κ1) is 13.5. The van der Waals surface area contributed by atoms with E-state index in [9.17, 15) is 23.7 Å². The van der Waals surface area contributed by atoms with Gasteiger partial charge in [-0.2, -0.15) is 0 Å². The predicted octanol–water partition coefficient (Wildman–Crippen LogP) is 2.48. The minimum absolute atomic E-state index is 0.0685. The largest absolute Gasteiger partial charge is 0.269 e. The van der Waals surface area contributed by atoms with Gasteiger partial charge in [-0.1, -0.05) is 0 Å². The lowest BCUT2D eigenvalue weighted by molar-refractivity contribution is -0.384. The number of nitrogens with zero attached hydrogens (tertiary/aromatic N) is 3. The molecule has 1 aliphatic rings. The molecule has 0 bridgehead atoms. The predicted molar refractivity (Wildman–Crippen MR) is 76.7 cm³/mol. The second kappa shape index (κ2) is 4.42. The Hall–Kier alpha value is -3.16. The number of fused-ring (bicyclic) bond motifs is 4. The Morgan fingerprint density at radius 2 is 2.00 bits per heavy atom. The first-order valence-electron chi connectivity index (χ1n) is 6.64. The summed E-state index contributed by atoms with van der Waals surface area (Å²) in [4.78, 5) is 27.0. The Morgan fingerprint density at radius 3 is 2.74 bits per heavy atom. The quantitative estimate of drug-likeness (QED) is 0.399. The molecule has 8 heteroatoms. The lowest BCUT2D eigenvalue weighted by atomic mass is 10.1. The van der Waals surface area contributed by atoms with Crippen molar-refractivity contribution < 1.29 is 13.7 Å². The molecule has 0 spiro atoms. The normalized spacial score (nSPS) is 12.3. The van der Waals surface area contributed by atoms with Gasteiger partial charge in [0.15, 0.2) is 0 Å². The zero-order valence-corrected chi connectivity index (χ0v) is 11.4. The van der Waals surface area contributed by atoms with Gasteiger partial charge in [0.05, 0.1) is 16.1 Å². The summed E-state index contributed by atoms with van der Waals surface area (Å²) >= 11 is 0. The molecule has 2 aromatic carbocycles. The van der Waals surface area contributed by atoms with Gasteiger partial charge in [-0.05, 0) is 11.6 Å². The summed E-state index contributed by atoms with van der Waals surface area (Å²) in [7, 11) is 0. The molecule has 0 saturated heterocycles. The van der Waals surface area contributed by atoms with Gasteiger partial charge in [0.2, 0.25) is 0 Å². The zero-order chi connectivity index (χ0) is 16.3. The number of halogens is 2. The fraction of sp³-hybridized carbons (Fsp3) is 0.0667. The van der Waals surface area contributed by atoms with Gasteiger partial charge in [-0.15, -0.1) is 0 Å². The van der Waals surface area contributed by atoms with Crippen LogP contribution in [0, 0.1) is 21.7 Å². The molecule has 4 rings (SSSR count). The molecule has 3 aromatic rings. The van der Waals surface area contributed by atoms with Gasteiger partial charge in [-0.25, -0.2) is 13.8 Å². The third-order valence-corrected chi connectivity index (χ3v) is 3.82. The molecule has 1 aliphatic heterocycles. The molecular weight excluding hydrogens is 308 g/mol. The second-order valence-corrected chi connectivity index (χ2v) is 5.20. The molecule has 6 nitrogen and oxygen atoms in total. The maximum Gasteiger partial charge on any atom is 0.269 e. The minimum atomic E-state index is -0.983. The fourth-order valence-corrected chi connectivity index (χ4v) is 2.86. The van der Waals surface area contributed by atoms with Crippen molar-refractivity contribution in [1.29, 1.82) is 0 Å². The van der Waals surface area contributed by atoms with E-state index in [-0.39, 0.29) is 23.0 Å². The summed E-state index contributed by atoms with van der Waals surface area (Å²) in [6.07, 6.45) is 0.181. The molecule has 0 unspecified atom stereocenters. The average molecular weight is 315 g/mol. The van der Waals surface area contributed by atoms with Crippen molar-refractivity contribution in [3.63, 3.8) is 0 Å². The van der Waals surface area contributed by atoms with Gasteiger partial charge < -0.3 is 0 Å². The Labute approximate surface area is 126 Å². The third kappa shape index (κ3) is 1.84. The maximum atomic E-state index is 13.9. The van der Waals surface area contributed by atoms with Gasteiger partial charge >= 0.3 is 0 Å². The summed E-state index contributed by atoms with van der Waals surface area (Å²) in [6.45, 7) is 0. The molecule has 1 aromatic heterocycles. The summed E-state index contributed by atoms with van der Waals surface area (Å²) in [5, 5.41) is 10.5. The van der Waals surface area contributed by atoms with E-state index < -0.39 is 22.1 Å². The smallest absolute Gasteiger partial charge is 0.268 e. The third-order valence-electron chi connectivity index (χ3n) is 3.82. The molecule has 0 atom stereocenters. The highest BCUT2D eigenvalue weighted by atomic mass is 19.1. The number of hydrogen-bond acceptors (Lipinski definition) is 4. The number of rotatable bonds is 1. The first-order chi connectivity index (χ1) is 11.0. The average Bonchev–Trinajstić information content (AvgIpc) is 2.83. The fourth-order valence-electron chi connectivity index (χ4n) is 2.86. The van der Waals surface area contributed by atoms with Crippen LogP contribution in [0.25, 0.3) is 16.6 Å². The molecule has 0 amide bonds. The first-order valence-corrected chi connectivity index (χ1v) is 6.64. The van der Waals surface area contributed by atoms with E-state index in [2.05, 4.69) is 4.98 Å². The van der Waals surface area contributed by atoms with Crippen molar-refractivity contribution in [1.82, 2.24) is 9.55 Å². The van der Waals surface area contributed by atoms with E-state index in [4.69, 9.17) is 0 Å². The van der Waals surface area contributed by atoms with E-state index in [1.807, 2.05) is 0 Å². The Balaban J connectivity index is 2.05. The molecule has 0 aliphatic carbocycles. The van der Waals surface area contributed by atoms with Crippen LogP contribution in [0.2, 0.25) is 0 Å². The van der Waals surface area contributed by atoms with Crippen LogP contribution in [-0.2, 0) is 6.42 Å². The topological polar surface area (TPSA) is 78.0 Å². The maximum absolute atomic E-state index is 13.9. The van der Waals surface area contributed by atoms with Gasteiger partial charge in [0.1, 0.15) is 22.8 Å². The van der Waals surface area contributed by atoms with Crippen LogP contribution in [-0.4, -0.2) is 14.5 Å². The highest BCUT2D eigenvalue weighted by molar-refractivity contribution is 5.79. The van der Waals surface area contributed by atoms with Crippen molar-refractivity contribution in [3.05, 3.63) is 73.8 Å². The highest BCUT2D eigenvalue weighted by Gasteiger charge is 2.25. The van der Waals surface area contributed by atoms with Crippen LogP contribution >= 0.6 is 0 Å². The van der Waals surface area contributed by atoms with Gasteiger partial charge in [0, 0.05) is 30.7 Å². The molecule has 0 N–H and O–H groups in total. The summed E-state index contributed by atoms with van der Waals surface area (Å²) < 4.78 is 28.5. The Morgan fingerprint density at radius 1 is 1.22 bits per heavy atom. The van der Waals surface area contributed by atoms with Crippen LogP contribution in [0.4, 0.5) is 14.5 Å². The van der Waals surface area contributed by atoms with Crippen molar-refractivity contribution in [3.8, 4) is 5.69 Å². The summed E-state index contributed by atoms with van der Waals surface area (Å²) in [6, 6.07) is 5.67. The second-order valence-electron chi connectivity index (χ2n) is 5.20. The number of nitro groups is 1. The molecule has 2 heterocycles. The monoisotopic (exact) mass is 315 g/mol. The van der Waals surface area contributed by atoms with Gasteiger partial charge in [-0.3, -0.25) is 19.5 Å². The highest BCUT2D eigenvalue weighted by Crippen LogP contribution is 2.29. The minimum Gasteiger partial charge on any atom is -0.268 e. The zero-order valence-electron chi connectivity index (χ0n) is 11.4. The van der Waals surface area contributed by atoms with Crippen molar-refractivity contribution in [2.45, 2.75) is 6.42 Å². The molecule has 0 fully saturated rings. The van der Waals surface area contributed by atoms with Crippen LogP contribution in [0.1, 0.15) is 11.4 Å². The van der Waals surface area contributed by atoms with Crippen molar-refractivity contribution in [2.24, 2.45) is 0 Å². The molecule has 0 radical (unpaired) electrons. The molecule has 0 saturated carbocycles. The summed E-state index contributed by atoms with van der Waals surface area (Å²) in [5.41, 5.74) is 0.135. The molecular formula is C15H7F2N3O3. The lowest BCUT2D eigenvalue weighted by Crippen LogP contribution is -2.21. The van der Waals surface area contributed by atoms with E-state index in [0.29, 0.717) is 23.1 Å². The Kier molecular flexibility index (Phi) is 2.59.